The molecule has 0 bridgehead atoms. The maximum absolute atomic E-state index is 13.0. The second-order valence-corrected chi connectivity index (χ2v) is 7.81. The van der Waals surface area contributed by atoms with Crippen LogP contribution in [-0.2, 0) is 17.9 Å². The molecule has 0 radical (unpaired) electrons. The Hall–Kier alpha value is -3.75. The molecular weight excluding hydrogens is 410 g/mol. The number of amides is 2. The molecule has 1 aliphatic heterocycles. The van der Waals surface area contributed by atoms with Gasteiger partial charge in [0.2, 0.25) is 5.91 Å². The lowest BCUT2D eigenvalue weighted by Crippen LogP contribution is -2.48. The number of pyridine rings is 1. The largest absolute Gasteiger partial charge is 0.349 e. The summed E-state index contributed by atoms with van der Waals surface area (Å²) in [5.74, 6) is -0.363. The zero-order valence-electron chi connectivity index (χ0n) is 17.9. The number of carbonyl (C=O) groups excluding carboxylic acids is 2. The molecule has 1 aromatic carbocycles. The highest BCUT2D eigenvalue weighted by molar-refractivity contribution is 5.94. The highest BCUT2D eigenvalue weighted by Gasteiger charge is 2.25. The van der Waals surface area contributed by atoms with Gasteiger partial charge in [-0.05, 0) is 44.0 Å². The van der Waals surface area contributed by atoms with E-state index in [1.807, 2.05) is 0 Å². The van der Waals surface area contributed by atoms with Gasteiger partial charge in [-0.3, -0.25) is 28.5 Å². The van der Waals surface area contributed by atoms with E-state index in [4.69, 9.17) is 0 Å². The second kappa shape index (κ2) is 9.17. The van der Waals surface area contributed by atoms with E-state index in [0.717, 1.165) is 4.57 Å². The molecule has 1 saturated heterocycles. The third-order valence-corrected chi connectivity index (χ3v) is 5.85. The van der Waals surface area contributed by atoms with E-state index in [1.165, 1.54) is 10.8 Å². The number of likely N-dealkylation sites (tertiary alicyclic amines) is 1. The van der Waals surface area contributed by atoms with Crippen LogP contribution >= 0.6 is 0 Å². The lowest BCUT2D eigenvalue weighted by Gasteiger charge is -2.32. The van der Waals surface area contributed by atoms with Crippen molar-refractivity contribution in [1.29, 1.82) is 0 Å². The lowest BCUT2D eigenvalue weighted by atomic mass is 10.0. The van der Waals surface area contributed by atoms with Crippen LogP contribution in [0.15, 0.2) is 58.4 Å². The van der Waals surface area contributed by atoms with Crippen LogP contribution in [0.5, 0.6) is 0 Å². The second-order valence-electron chi connectivity index (χ2n) is 7.81. The highest BCUT2D eigenvalue weighted by atomic mass is 16.2. The van der Waals surface area contributed by atoms with Crippen molar-refractivity contribution in [2.24, 2.45) is 0 Å². The van der Waals surface area contributed by atoms with Crippen LogP contribution in [0.2, 0.25) is 0 Å². The van der Waals surface area contributed by atoms with Gasteiger partial charge in [0.25, 0.3) is 11.5 Å². The first-order chi connectivity index (χ1) is 15.5. The monoisotopic (exact) mass is 435 g/mol. The number of hydrogen-bond acceptors (Lipinski definition) is 5. The Morgan fingerprint density at radius 3 is 2.50 bits per heavy atom. The quantitative estimate of drug-likeness (QED) is 0.644. The molecule has 0 saturated carbocycles. The van der Waals surface area contributed by atoms with Crippen LogP contribution in [0.1, 0.15) is 30.1 Å². The van der Waals surface area contributed by atoms with Gasteiger partial charge in [-0.15, -0.1) is 0 Å². The Kier molecular flexibility index (Phi) is 6.16. The van der Waals surface area contributed by atoms with Gasteiger partial charge in [-0.1, -0.05) is 12.1 Å². The van der Waals surface area contributed by atoms with E-state index in [0.29, 0.717) is 42.4 Å². The van der Waals surface area contributed by atoms with Gasteiger partial charge in [0.05, 0.1) is 16.5 Å². The number of nitrogens with one attached hydrogen (secondary N) is 1. The molecule has 32 heavy (non-hydrogen) atoms. The van der Waals surface area contributed by atoms with Crippen molar-refractivity contribution in [3.8, 4) is 0 Å². The van der Waals surface area contributed by atoms with Crippen molar-refractivity contribution in [2.45, 2.75) is 38.9 Å². The van der Waals surface area contributed by atoms with E-state index in [-0.39, 0.29) is 36.5 Å². The summed E-state index contributed by atoms with van der Waals surface area (Å²) >= 11 is 0. The van der Waals surface area contributed by atoms with E-state index in [9.17, 15) is 19.2 Å². The maximum Gasteiger partial charge on any atom is 0.331 e. The summed E-state index contributed by atoms with van der Waals surface area (Å²) in [4.78, 5) is 56.4. The first kappa shape index (κ1) is 21.5. The van der Waals surface area contributed by atoms with Crippen molar-refractivity contribution in [1.82, 2.24) is 24.3 Å². The SMILES string of the molecule is CCn1c(=O)c2ccccc2n(CC(=O)N2CCC(NC(=O)c3cccnc3)CC2)c1=O. The molecule has 9 heteroatoms. The predicted octanol–water partition coefficient (Wildman–Crippen LogP) is 0.999. The molecule has 2 aromatic heterocycles. The molecule has 0 unspecified atom stereocenters. The number of piperidine rings is 1. The number of fused-ring (bicyclic) bond motifs is 1. The third-order valence-electron chi connectivity index (χ3n) is 5.85. The van der Waals surface area contributed by atoms with Gasteiger partial charge in [-0.25, -0.2) is 4.79 Å². The van der Waals surface area contributed by atoms with Crippen LogP contribution in [0.4, 0.5) is 0 Å². The van der Waals surface area contributed by atoms with Crippen LogP contribution in [0.3, 0.4) is 0 Å². The summed E-state index contributed by atoms with van der Waals surface area (Å²) in [6.45, 7) is 2.80. The first-order valence-corrected chi connectivity index (χ1v) is 10.7. The van der Waals surface area contributed by atoms with Crippen LogP contribution in [0, 0.1) is 0 Å². The zero-order valence-corrected chi connectivity index (χ0v) is 17.9. The van der Waals surface area contributed by atoms with Crippen LogP contribution in [0.25, 0.3) is 10.9 Å². The van der Waals surface area contributed by atoms with E-state index < -0.39 is 5.69 Å². The molecule has 166 valence electrons. The van der Waals surface area contributed by atoms with E-state index in [2.05, 4.69) is 10.3 Å². The van der Waals surface area contributed by atoms with Crippen LogP contribution < -0.4 is 16.6 Å². The Bertz CT molecular complexity index is 1260. The summed E-state index contributed by atoms with van der Waals surface area (Å²) in [7, 11) is 0. The minimum Gasteiger partial charge on any atom is -0.349 e. The molecule has 0 atom stereocenters. The molecule has 0 aliphatic carbocycles. The molecule has 1 fully saturated rings. The molecule has 9 nitrogen and oxygen atoms in total. The summed E-state index contributed by atoms with van der Waals surface area (Å²) < 4.78 is 2.52. The van der Waals surface area contributed by atoms with Gasteiger partial charge >= 0.3 is 5.69 Å². The van der Waals surface area contributed by atoms with Crippen molar-refractivity contribution >= 4 is 22.7 Å². The van der Waals surface area contributed by atoms with Crippen LogP contribution in [-0.4, -0.2) is 50.0 Å². The van der Waals surface area contributed by atoms with E-state index >= 15 is 0 Å². The number of benzene rings is 1. The highest BCUT2D eigenvalue weighted by Crippen LogP contribution is 2.13. The summed E-state index contributed by atoms with van der Waals surface area (Å²) in [5, 5.41) is 3.40. The smallest absolute Gasteiger partial charge is 0.331 e. The Morgan fingerprint density at radius 1 is 1.06 bits per heavy atom. The van der Waals surface area contributed by atoms with E-state index in [1.54, 1.807) is 54.4 Å². The average Bonchev–Trinajstić information content (AvgIpc) is 2.83. The van der Waals surface area contributed by atoms with Crippen molar-refractivity contribution in [3.05, 3.63) is 75.2 Å². The van der Waals surface area contributed by atoms with Gasteiger partial charge in [0.1, 0.15) is 6.54 Å². The van der Waals surface area contributed by atoms with Gasteiger partial charge < -0.3 is 10.2 Å². The van der Waals surface area contributed by atoms with Gasteiger partial charge in [-0.2, -0.15) is 0 Å². The minimum atomic E-state index is -0.483. The lowest BCUT2D eigenvalue weighted by molar-refractivity contribution is -0.132. The molecule has 1 aliphatic rings. The molecule has 0 spiro atoms. The molecule has 3 aromatic rings. The fourth-order valence-electron chi connectivity index (χ4n) is 4.08. The third kappa shape index (κ3) is 4.18. The average molecular weight is 435 g/mol. The maximum atomic E-state index is 13.0. The topological polar surface area (TPSA) is 106 Å². The number of nitrogens with zero attached hydrogens (tertiary/aromatic N) is 4. The molecule has 3 heterocycles. The summed E-state index contributed by atoms with van der Waals surface area (Å²) in [6.07, 6.45) is 4.39. The van der Waals surface area contributed by atoms with Crippen molar-refractivity contribution in [2.75, 3.05) is 13.1 Å². The number of aromatic nitrogens is 3. The zero-order chi connectivity index (χ0) is 22.7. The number of rotatable bonds is 5. The van der Waals surface area contributed by atoms with Crippen molar-refractivity contribution < 1.29 is 9.59 Å². The summed E-state index contributed by atoms with van der Waals surface area (Å²) in [5.41, 5.74) is 0.132. The Balaban J connectivity index is 1.45. The standard InChI is InChI=1S/C23H25N5O4/c1-2-27-22(31)18-7-3-4-8-19(18)28(23(27)32)15-20(29)26-12-9-17(10-13-26)25-21(30)16-6-5-11-24-14-16/h3-8,11,14,17H,2,9-10,12-13,15H2,1H3,(H,25,30). The Morgan fingerprint density at radius 2 is 1.81 bits per heavy atom. The van der Waals surface area contributed by atoms with Gasteiger partial charge in [0.15, 0.2) is 0 Å². The molecule has 4 rings (SSSR count). The number of para-hydroxylation sites is 1. The first-order valence-electron chi connectivity index (χ1n) is 10.7. The molecule has 1 N–H and O–H groups in total. The number of hydrogen-bond donors (Lipinski definition) is 1. The Labute approximate surface area is 184 Å². The fraction of sp³-hybridized carbons (Fsp3) is 0.348. The van der Waals surface area contributed by atoms with Gasteiger partial charge in [0, 0.05) is 38.1 Å². The predicted molar refractivity (Wildman–Crippen MR) is 119 cm³/mol. The number of carbonyl (C=O) groups is 2. The molecular formula is C23H25N5O4. The minimum absolute atomic E-state index is 0.0303. The molecule has 2 amide bonds. The fourth-order valence-corrected chi connectivity index (χ4v) is 4.08. The normalized spacial score (nSPS) is 14.5. The van der Waals surface area contributed by atoms with Crippen molar-refractivity contribution in [3.63, 3.8) is 0 Å². The summed E-state index contributed by atoms with van der Waals surface area (Å²) in [6, 6.07) is 10.2.